The summed E-state index contributed by atoms with van der Waals surface area (Å²) >= 11 is 3.26. The number of nitrogens with zero attached hydrogens (tertiary/aromatic N) is 1. The predicted molar refractivity (Wildman–Crippen MR) is 54.4 cm³/mol. The molecule has 0 aromatic carbocycles. The van der Waals surface area contributed by atoms with Gasteiger partial charge in [0.2, 0.25) is 0 Å². The number of sulfone groups is 1. The van der Waals surface area contributed by atoms with Crippen molar-refractivity contribution < 1.29 is 8.42 Å². The number of hydrogen-bond acceptors (Lipinski definition) is 3. The number of rotatable bonds is 2. The first-order valence-electron chi connectivity index (χ1n) is 3.82. The summed E-state index contributed by atoms with van der Waals surface area (Å²) in [7, 11) is -3.17. The fraction of sp³-hybridized carbons (Fsp3) is 0.375. The Balaban J connectivity index is 3.27. The molecular formula is C8H10BrNO2S. The van der Waals surface area contributed by atoms with Crippen molar-refractivity contribution in [3.63, 3.8) is 0 Å². The van der Waals surface area contributed by atoms with Gasteiger partial charge in [-0.15, -0.1) is 0 Å². The summed E-state index contributed by atoms with van der Waals surface area (Å²) in [5.74, 6) is 0.0844. The molecule has 0 saturated heterocycles. The Kier molecular flexibility index (Phi) is 3.08. The standard InChI is InChI=1S/C8H10BrNO2S/c1-3-13(11,12)8-4-6(2)7(9)5-10-8/h4-5H,3H2,1-2H3. The van der Waals surface area contributed by atoms with Crippen LogP contribution in [0.4, 0.5) is 0 Å². The molecule has 1 heterocycles. The minimum absolute atomic E-state index is 0.0844. The van der Waals surface area contributed by atoms with Crippen molar-refractivity contribution in [1.29, 1.82) is 0 Å². The SMILES string of the molecule is CCS(=O)(=O)c1cc(C)c(Br)cn1. The third-order valence-electron chi connectivity index (χ3n) is 1.72. The first kappa shape index (κ1) is 10.7. The van der Waals surface area contributed by atoms with E-state index in [9.17, 15) is 8.42 Å². The van der Waals surface area contributed by atoms with Gasteiger partial charge in [-0.2, -0.15) is 0 Å². The number of aryl methyl sites for hydroxylation is 1. The number of pyridine rings is 1. The average molecular weight is 264 g/mol. The molecule has 72 valence electrons. The molecule has 1 aromatic heterocycles. The second-order valence-electron chi connectivity index (χ2n) is 2.68. The van der Waals surface area contributed by atoms with Gasteiger partial charge in [0.15, 0.2) is 14.9 Å². The van der Waals surface area contributed by atoms with E-state index < -0.39 is 9.84 Å². The number of hydrogen-bond donors (Lipinski definition) is 0. The third-order valence-corrected chi connectivity index (χ3v) is 4.17. The molecule has 5 heteroatoms. The molecule has 3 nitrogen and oxygen atoms in total. The Hall–Kier alpha value is -0.420. The third kappa shape index (κ3) is 2.28. The lowest BCUT2D eigenvalue weighted by atomic mass is 10.3. The lowest BCUT2D eigenvalue weighted by molar-refractivity contribution is 0.593. The van der Waals surface area contributed by atoms with Crippen LogP contribution in [0.3, 0.4) is 0 Å². The van der Waals surface area contributed by atoms with Crippen LogP contribution in [0, 0.1) is 6.92 Å². The van der Waals surface area contributed by atoms with Crippen molar-refractivity contribution in [2.45, 2.75) is 18.9 Å². The summed E-state index contributed by atoms with van der Waals surface area (Å²) in [6.07, 6.45) is 1.51. The minimum Gasteiger partial charge on any atom is -0.244 e. The fourth-order valence-corrected chi connectivity index (χ4v) is 1.91. The molecule has 0 fully saturated rings. The molecule has 0 aliphatic carbocycles. The van der Waals surface area contributed by atoms with Crippen LogP contribution in [0.1, 0.15) is 12.5 Å². The van der Waals surface area contributed by atoms with E-state index in [-0.39, 0.29) is 10.8 Å². The molecule has 0 amide bonds. The van der Waals surface area contributed by atoms with Gasteiger partial charge in [0.1, 0.15) is 0 Å². The van der Waals surface area contributed by atoms with Crippen LogP contribution in [-0.2, 0) is 9.84 Å². The summed E-state index contributed by atoms with van der Waals surface area (Å²) in [6, 6.07) is 1.57. The van der Waals surface area contributed by atoms with Gasteiger partial charge < -0.3 is 0 Å². The summed E-state index contributed by atoms with van der Waals surface area (Å²) < 4.78 is 23.6. The van der Waals surface area contributed by atoms with E-state index in [2.05, 4.69) is 20.9 Å². The van der Waals surface area contributed by atoms with Gasteiger partial charge in [-0.25, -0.2) is 13.4 Å². The van der Waals surface area contributed by atoms with Crippen LogP contribution in [0.2, 0.25) is 0 Å². The second-order valence-corrected chi connectivity index (χ2v) is 5.75. The smallest absolute Gasteiger partial charge is 0.195 e. The molecule has 1 rings (SSSR count). The molecule has 0 radical (unpaired) electrons. The van der Waals surface area contributed by atoms with E-state index >= 15 is 0 Å². The van der Waals surface area contributed by atoms with Gasteiger partial charge >= 0.3 is 0 Å². The predicted octanol–water partition coefficient (Wildman–Crippen LogP) is 1.95. The second kappa shape index (κ2) is 3.75. The van der Waals surface area contributed by atoms with Crippen LogP contribution in [0.15, 0.2) is 21.8 Å². The monoisotopic (exact) mass is 263 g/mol. The molecule has 0 saturated carbocycles. The van der Waals surface area contributed by atoms with Gasteiger partial charge in [-0.05, 0) is 34.5 Å². The highest BCUT2D eigenvalue weighted by Crippen LogP contribution is 2.17. The molecule has 0 unspecified atom stereocenters. The maximum Gasteiger partial charge on any atom is 0.195 e. The summed E-state index contributed by atoms with van der Waals surface area (Å²) in [5, 5.41) is 0.149. The zero-order valence-electron chi connectivity index (χ0n) is 7.41. The largest absolute Gasteiger partial charge is 0.244 e. The molecule has 0 atom stereocenters. The molecule has 0 spiro atoms. The highest BCUT2D eigenvalue weighted by molar-refractivity contribution is 9.10. The molecule has 1 aromatic rings. The first-order chi connectivity index (χ1) is 5.97. The molecular weight excluding hydrogens is 254 g/mol. The van der Waals surface area contributed by atoms with Crippen molar-refractivity contribution in [1.82, 2.24) is 4.98 Å². The normalized spacial score (nSPS) is 11.6. The highest BCUT2D eigenvalue weighted by atomic mass is 79.9. The van der Waals surface area contributed by atoms with Crippen LogP contribution in [-0.4, -0.2) is 19.2 Å². The van der Waals surface area contributed by atoms with Crippen LogP contribution < -0.4 is 0 Å². The van der Waals surface area contributed by atoms with Crippen LogP contribution in [0.25, 0.3) is 0 Å². The lowest BCUT2D eigenvalue weighted by Gasteiger charge is -2.02. The Bertz CT molecular complexity index is 414. The van der Waals surface area contributed by atoms with E-state index in [0.29, 0.717) is 0 Å². The Morgan fingerprint density at radius 2 is 2.15 bits per heavy atom. The maximum absolute atomic E-state index is 11.4. The average Bonchev–Trinajstić information content (AvgIpc) is 2.09. The van der Waals surface area contributed by atoms with Gasteiger partial charge in [0.25, 0.3) is 0 Å². The fourth-order valence-electron chi connectivity index (χ4n) is 0.831. The molecule has 0 bridgehead atoms. The van der Waals surface area contributed by atoms with Crippen molar-refractivity contribution in [2.24, 2.45) is 0 Å². The number of aromatic nitrogens is 1. The Labute approximate surface area is 86.2 Å². The zero-order valence-corrected chi connectivity index (χ0v) is 9.81. The van der Waals surface area contributed by atoms with E-state index in [1.807, 2.05) is 6.92 Å². The quantitative estimate of drug-likeness (QED) is 0.820. The van der Waals surface area contributed by atoms with Crippen molar-refractivity contribution in [3.8, 4) is 0 Å². The van der Waals surface area contributed by atoms with Crippen LogP contribution in [0.5, 0.6) is 0 Å². The molecule has 13 heavy (non-hydrogen) atoms. The highest BCUT2D eigenvalue weighted by Gasteiger charge is 2.13. The van der Waals surface area contributed by atoms with Crippen LogP contribution >= 0.6 is 15.9 Å². The van der Waals surface area contributed by atoms with Gasteiger partial charge in [-0.3, -0.25) is 0 Å². The van der Waals surface area contributed by atoms with Crippen molar-refractivity contribution in [2.75, 3.05) is 5.75 Å². The van der Waals surface area contributed by atoms with E-state index in [1.165, 1.54) is 6.20 Å². The van der Waals surface area contributed by atoms with Crippen molar-refractivity contribution in [3.05, 3.63) is 22.3 Å². The first-order valence-corrected chi connectivity index (χ1v) is 6.27. The molecule has 0 N–H and O–H groups in total. The van der Waals surface area contributed by atoms with Gasteiger partial charge in [0, 0.05) is 10.7 Å². The zero-order chi connectivity index (χ0) is 10.1. The molecule has 0 aliphatic rings. The van der Waals surface area contributed by atoms with Gasteiger partial charge in [-0.1, -0.05) is 6.92 Å². The minimum atomic E-state index is -3.17. The van der Waals surface area contributed by atoms with Crippen molar-refractivity contribution >= 4 is 25.8 Å². The van der Waals surface area contributed by atoms with E-state index in [4.69, 9.17) is 0 Å². The Morgan fingerprint density at radius 3 is 2.62 bits per heavy atom. The summed E-state index contributed by atoms with van der Waals surface area (Å²) in [4.78, 5) is 3.85. The maximum atomic E-state index is 11.4. The summed E-state index contributed by atoms with van der Waals surface area (Å²) in [5.41, 5.74) is 0.877. The molecule has 0 aliphatic heterocycles. The number of halogens is 1. The Morgan fingerprint density at radius 1 is 1.54 bits per heavy atom. The summed E-state index contributed by atoms with van der Waals surface area (Å²) in [6.45, 7) is 3.44. The van der Waals surface area contributed by atoms with E-state index in [1.54, 1.807) is 13.0 Å². The lowest BCUT2D eigenvalue weighted by Crippen LogP contribution is -2.06. The van der Waals surface area contributed by atoms with Gasteiger partial charge in [0.05, 0.1) is 5.75 Å². The van der Waals surface area contributed by atoms with E-state index in [0.717, 1.165) is 10.0 Å². The topological polar surface area (TPSA) is 47.0 Å².